The Kier molecular flexibility index (Phi) is 5.14. The van der Waals surface area contributed by atoms with E-state index in [-0.39, 0.29) is 24.4 Å². The van der Waals surface area contributed by atoms with Crippen LogP contribution < -0.4 is 10.9 Å². The van der Waals surface area contributed by atoms with Crippen LogP contribution in [-0.2, 0) is 11.3 Å². The van der Waals surface area contributed by atoms with Gasteiger partial charge in [0, 0.05) is 23.7 Å². The highest BCUT2D eigenvalue weighted by Gasteiger charge is 2.12. The molecule has 7 nitrogen and oxygen atoms in total. The van der Waals surface area contributed by atoms with Crippen LogP contribution in [0.2, 0.25) is 5.02 Å². The molecule has 0 radical (unpaired) electrons. The highest BCUT2D eigenvalue weighted by atomic mass is 35.5. The minimum absolute atomic E-state index is 0.141. The second-order valence-corrected chi connectivity index (χ2v) is 7.11. The van der Waals surface area contributed by atoms with Gasteiger partial charge in [-0.3, -0.25) is 14.2 Å². The minimum atomic E-state index is -0.229. The third-order valence-corrected chi connectivity index (χ3v) is 4.79. The predicted octanol–water partition coefficient (Wildman–Crippen LogP) is 3.57. The molecule has 0 spiro atoms. The standard InChI is InChI=1S/C21H18ClN5O2/c1-14-2-8-17(9-3-14)27-20-18(12-24-27)21(29)26(13-23-20)11-10-19(28)25-16-6-4-15(22)5-7-16/h2-9,12-13H,10-11H2,1H3,(H,25,28). The summed E-state index contributed by atoms with van der Waals surface area (Å²) in [7, 11) is 0. The fourth-order valence-electron chi connectivity index (χ4n) is 2.96. The van der Waals surface area contributed by atoms with Crippen molar-refractivity contribution in [3.63, 3.8) is 0 Å². The van der Waals surface area contributed by atoms with Crippen molar-refractivity contribution in [2.24, 2.45) is 0 Å². The molecule has 146 valence electrons. The molecular weight excluding hydrogens is 390 g/mol. The van der Waals surface area contributed by atoms with E-state index in [2.05, 4.69) is 15.4 Å². The Morgan fingerprint density at radius 2 is 1.83 bits per heavy atom. The summed E-state index contributed by atoms with van der Waals surface area (Å²) in [5.41, 5.74) is 2.88. The second kappa shape index (κ2) is 7.89. The maximum absolute atomic E-state index is 12.8. The van der Waals surface area contributed by atoms with Gasteiger partial charge in [0.1, 0.15) is 5.39 Å². The zero-order chi connectivity index (χ0) is 20.4. The average molecular weight is 408 g/mol. The monoisotopic (exact) mass is 407 g/mol. The summed E-state index contributed by atoms with van der Waals surface area (Å²) in [6, 6.07) is 14.6. The second-order valence-electron chi connectivity index (χ2n) is 6.68. The lowest BCUT2D eigenvalue weighted by molar-refractivity contribution is -0.116. The Morgan fingerprint density at radius 3 is 2.55 bits per heavy atom. The lowest BCUT2D eigenvalue weighted by atomic mass is 10.2. The van der Waals surface area contributed by atoms with Gasteiger partial charge in [0.2, 0.25) is 5.91 Å². The fraction of sp³-hybridized carbons (Fsp3) is 0.143. The lowest BCUT2D eigenvalue weighted by Crippen LogP contribution is -2.23. The summed E-state index contributed by atoms with van der Waals surface area (Å²) in [5.74, 6) is -0.199. The smallest absolute Gasteiger partial charge is 0.264 e. The molecule has 1 amide bonds. The Morgan fingerprint density at radius 1 is 1.10 bits per heavy atom. The zero-order valence-corrected chi connectivity index (χ0v) is 16.4. The van der Waals surface area contributed by atoms with Gasteiger partial charge in [0.25, 0.3) is 5.56 Å². The number of hydrogen-bond acceptors (Lipinski definition) is 4. The SMILES string of the molecule is Cc1ccc(-n2ncc3c(=O)n(CCC(=O)Nc4ccc(Cl)cc4)cnc32)cc1. The molecule has 0 fully saturated rings. The number of halogens is 1. The first-order valence-corrected chi connectivity index (χ1v) is 9.45. The average Bonchev–Trinajstić information content (AvgIpc) is 3.15. The summed E-state index contributed by atoms with van der Waals surface area (Å²) in [6.45, 7) is 2.22. The molecule has 0 saturated heterocycles. The van der Waals surface area contributed by atoms with E-state index in [4.69, 9.17) is 11.6 Å². The van der Waals surface area contributed by atoms with E-state index in [9.17, 15) is 9.59 Å². The Balaban J connectivity index is 1.51. The summed E-state index contributed by atoms with van der Waals surface area (Å²) in [5, 5.41) is 8.09. The largest absolute Gasteiger partial charge is 0.326 e. The normalized spacial score (nSPS) is 11.0. The van der Waals surface area contributed by atoms with Crippen molar-refractivity contribution in [1.82, 2.24) is 19.3 Å². The van der Waals surface area contributed by atoms with Gasteiger partial charge in [0.05, 0.1) is 18.2 Å². The molecule has 8 heteroatoms. The number of hydrogen-bond donors (Lipinski definition) is 1. The number of nitrogens with one attached hydrogen (secondary N) is 1. The zero-order valence-electron chi connectivity index (χ0n) is 15.7. The number of aromatic nitrogens is 4. The summed E-state index contributed by atoms with van der Waals surface area (Å²) >= 11 is 5.84. The van der Waals surface area contributed by atoms with E-state index in [1.54, 1.807) is 28.9 Å². The third-order valence-electron chi connectivity index (χ3n) is 4.54. The number of rotatable bonds is 5. The summed E-state index contributed by atoms with van der Waals surface area (Å²) in [4.78, 5) is 29.3. The number of carbonyl (C=O) groups is 1. The maximum atomic E-state index is 12.8. The molecule has 0 saturated carbocycles. The predicted molar refractivity (Wildman–Crippen MR) is 113 cm³/mol. The van der Waals surface area contributed by atoms with Crippen molar-refractivity contribution >= 4 is 34.2 Å². The molecule has 4 rings (SSSR count). The van der Waals surface area contributed by atoms with E-state index < -0.39 is 0 Å². The van der Waals surface area contributed by atoms with Crippen LogP contribution in [0.5, 0.6) is 0 Å². The van der Waals surface area contributed by atoms with Gasteiger partial charge in [-0.1, -0.05) is 29.3 Å². The number of nitrogens with zero attached hydrogens (tertiary/aromatic N) is 4. The molecule has 29 heavy (non-hydrogen) atoms. The lowest BCUT2D eigenvalue weighted by Gasteiger charge is -2.08. The van der Waals surface area contributed by atoms with Crippen molar-refractivity contribution in [2.75, 3.05) is 5.32 Å². The fourth-order valence-corrected chi connectivity index (χ4v) is 3.09. The van der Waals surface area contributed by atoms with Gasteiger partial charge in [0.15, 0.2) is 5.65 Å². The topological polar surface area (TPSA) is 81.8 Å². The van der Waals surface area contributed by atoms with Crippen LogP contribution in [0.15, 0.2) is 65.8 Å². The van der Waals surface area contributed by atoms with Crippen molar-refractivity contribution in [1.29, 1.82) is 0 Å². The number of aryl methyl sites for hydroxylation is 2. The molecule has 0 bridgehead atoms. The van der Waals surface area contributed by atoms with Crippen molar-refractivity contribution in [2.45, 2.75) is 19.9 Å². The minimum Gasteiger partial charge on any atom is -0.326 e. The first-order chi connectivity index (χ1) is 14.0. The molecule has 4 aromatic rings. The number of carbonyl (C=O) groups excluding carboxylic acids is 1. The quantitative estimate of drug-likeness (QED) is 0.548. The van der Waals surface area contributed by atoms with Crippen LogP contribution in [0.1, 0.15) is 12.0 Å². The number of benzene rings is 2. The molecule has 2 aromatic carbocycles. The summed E-state index contributed by atoms with van der Waals surface area (Å²) < 4.78 is 3.05. The molecular formula is C21H18ClN5O2. The Labute approximate surface area is 171 Å². The number of anilines is 1. The van der Waals surface area contributed by atoms with Crippen LogP contribution in [0.25, 0.3) is 16.7 Å². The Hall–Kier alpha value is -3.45. The molecule has 0 atom stereocenters. The molecule has 2 heterocycles. The van der Waals surface area contributed by atoms with Crippen molar-refractivity contribution in [3.8, 4) is 5.69 Å². The van der Waals surface area contributed by atoms with Gasteiger partial charge in [-0.2, -0.15) is 5.10 Å². The third kappa shape index (κ3) is 4.05. The van der Waals surface area contributed by atoms with E-state index in [1.807, 2.05) is 31.2 Å². The van der Waals surface area contributed by atoms with Crippen LogP contribution in [0, 0.1) is 6.92 Å². The van der Waals surface area contributed by atoms with Crippen molar-refractivity contribution in [3.05, 3.63) is 82.0 Å². The maximum Gasteiger partial charge on any atom is 0.264 e. The molecule has 0 aliphatic rings. The molecule has 0 unspecified atom stereocenters. The molecule has 0 aliphatic heterocycles. The first-order valence-electron chi connectivity index (χ1n) is 9.07. The van der Waals surface area contributed by atoms with Gasteiger partial charge in [-0.25, -0.2) is 9.67 Å². The molecule has 0 aliphatic carbocycles. The number of amides is 1. The van der Waals surface area contributed by atoms with E-state index >= 15 is 0 Å². The van der Waals surface area contributed by atoms with Gasteiger partial charge in [-0.05, 0) is 43.3 Å². The van der Waals surface area contributed by atoms with Crippen molar-refractivity contribution < 1.29 is 4.79 Å². The Bertz CT molecular complexity index is 1230. The first kappa shape index (κ1) is 18.9. The van der Waals surface area contributed by atoms with Crippen LogP contribution in [0.4, 0.5) is 5.69 Å². The highest BCUT2D eigenvalue weighted by molar-refractivity contribution is 6.30. The van der Waals surface area contributed by atoms with Gasteiger partial charge >= 0.3 is 0 Å². The van der Waals surface area contributed by atoms with Crippen LogP contribution in [0.3, 0.4) is 0 Å². The van der Waals surface area contributed by atoms with Crippen LogP contribution in [-0.4, -0.2) is 25.2 Å². The number of fused-ring (bicyclic) bond motifs is 1. The van der Waals surface area contributed by atoms with E-state index in [1.165, 1.54) is 17.1 Å². The molecule has 1 N–H and O–H groups in total. The van der Waals surface area contributed by atoms with Gasteiger partial charge < -0.3 is 5.32 Å². The van der Waals surface area contributed by atoms with E-state index in [0.29, 0.717) is 21.7 Å². The van der Waals surface area contributed by atoms with E-state index in [0.717, 1.165) is 11.3 Å². The van der Waals surface area contributed by atoms with Gasteiger partial charge in [-0.15, -0.1) is 0 Å². The molecule has 2 aromatic heterocycles. The highest BCUT2D eigenvalue weighted by Crippen LogP contribution is 2.15. The summed E-state index contributed by atoms with van der Waals surface area (Å²) in [6.07, 6.45) is 3.10. The van der Waals surface area contributed by atoms with Crippen LogP contribution >= 0.6 is 11.6 Å².